The smallest absolute Gasteiger partial charge is 0.256 e. The van der Waals surface area contributed by atoms with Gasteiger partial charge in [0.05, 0.1) is 16.8 Å². The predicted octanol–water partition coefficient (Wildman–Crippen LogP) is 2.33. The number of rotatable bonds is 1. The van der Waals surface area contributed by atoms with E-state index in [2.05, 4.69) is 5.10 Å². The van der Waals surface area contributed by atoms with Gasteiger partial charge in [-0.25, -0.2) is 4.52 Å². The fraction of sp³-hybridized carbons (Fsp3) is 0.200. The Labute approximate surface area is 86.3 Å². The van der Waals surface area contributed by atoms with E-state index in [1.54, 1.807) is 11.4 Å². The zero-order chi connectivity index (χ0) is 10.3. The van der Waals surface area contributed by atoms with E-state index >= 15 is 0 Å². The molecule has 0 fully saturated rings. The lowest BCUT2D eigenvalue weighted by Crippen LogP contribution is -1.93. The first kappa shape index (κ1) is 9.21. The average Bonchev–Trinajstić information content (AvgIpc) is 2.42. The molecule has 14 heavy (non-hydrogen) atoms. The van der Waals surface area contributed by atoms with Gasteiger partial charge in [0.1, 0.15) is 0 Å². The molecule has 2 aromatic heterocycles. The Balaban J connectivity index is 2.90. The molecule has 0 amide bonds. The van der Waals surface area contributed by atoms with Gasteiger partial charge in [0.2, 0.25) is 0 Å². The lowest BCUT2D eigenvalue weighted by molar-refractivity contribution is 0.108. The Morgan fingerprint density at radius 2 is 2.14 bits per heavy atom. The van der Waals surface area contributed by atoms with Crippen LogP contribution in [0.3, 0.4) is 0 Å². The minimum absolute atomic E-state index is 0.455. The number of aryl methyl sites for hydroxylation is 2. The van der Waals surface area contributed by atoms with E-state index in [4.69, 9.17) is 11.6 Å². The van der Waals surface area contributed by atoms with E-state index in [0.29, 0.717) is 11.3 Å². The van der Waals surface area contributed by atoms with Crippen LogP contribution in [0.2, 0.25) is 0 Å². The van der Waals surface area contributed by atoms with Crippen molar-refractivity contribution in [2.24, 2.45) is 0 Å². The molecule has 4 heteroatoms. The normalized spacial score (nSPS) is 10.8. The fourth-order valence-electron chi connectivity index (χ4n) is 1.56. The predicted molar refractivity (Wildman–Crippen MR) is 54.8 cm³/mol. The zero-order valence-corrected chi connectivity index (χ0v) is 8.67. The van der Waals surface area contributed by atoms with Crippen LogP contribution in [0.15, 0.2) is 18.2 Å². The van der Waals surface area contributed by atoms with Gasteiger partial charge in [0, 0.05) is 5.69 Å². The molecule has 0 aliphatic rings. The SMILES string of the molecule is Cc1nn2c(C)cccc2c1C(=O)Cl. The first-order valence-corrected chi connectivity index (χ1v) is 4.64. The Hall–Kier alpha value is -1.35. The molecule has 0 atom stereocenters. The maximum absolute atomic E-state index is 11.2. The van der Waals surface area contributed by atoms with Crippen molar-refractivity contribution in [2.45, 2.75) is 13.8 Å². The highest BCUT2D eigenvalue weighted by atomic mass is 35.5. The zero-order valence-electron chi connectivity index (χ0n) is 7.91. The molecule has 0 N–H and O–H groups in total. The molecule has 0 aliphatic heterocycles. The third-order valence-electron chi connectivity index (χ3n) is 2.22. The van der Waals surface area contributed by atoms with Crippen LogP contribution in [0.4, 0.5) is 0 Å². The summed E-state index contributed by atoms with van der Waals surface area (Å²) in [6.07, 6.45) is 0. The van der Waals surface area contributed by atoms with Crippen molar-refractivity contribution < 1.29 is 4.79 Å². The van der Waals surface area contributed by atoms with Crippen molar-refractivity contribution in [2.75, 3.05) is 0 Å². The van der Waals surface area contributed by atoms with Crippen LogP contribution in [-0.2, 0) is 0 Å². The molecule has 0 unspecified atom stereocenters. The van der Waals surface area contributed by atoms with Gasteiger partial charge in [-0.1, -0.05) is 6.07 Å². The van der Waals surface area contributed by atoms with E-state index in [-0.39, 0.29) is 0 Å². The van der Waals surface area contributed by atoms with Crippen LogP contribution in [0, 0.1) is 13.8 Å². The quantitative estimate of drug-likeness (QED) is 0.675. The Bertz CT molecular complexity index is 516. The largest absolute Gasteiger partial charge is 0.275 e. The van der Waals surface area contributed by atoms with Gasteiger partial charge in [-0.3, -0.25) is 4.79 Å². The molecule has 0 spiro atoms. The second-order valence-electron chi connectivity index (χ2n) is 3.20. The first-order valence-electron chi connectivity index (χ1n) is 4.26. The van der Waals surface area contributed by atoms with Crippen LogP contribution < -0.4 is 0 Å². The highest BCUT2D eigenvalue weighted by molar-refractivity contribution is 6.68. The summed E-state index contributed by atoms with van der Waals surface area (Å²) in [5.41, 5.74) is 2.91. The van der Waals surface area contributed by atoms with Gasteiger partial charge >= 0.3 is 0 Å². The summed E-state index contributed by atoms with van der Waals surface area (Å²) in [7, 11) is 0. The standard InChI is InChI=1S/C10H9ClN2O/c1-6-4-3-5-8-9(10(11)14)7(2)12-13(6)8/h3-5H,1-2H3. The van der Waals surface area contributed by atoms with Crippen LogP contribution in [-0.4, -0.2) is 14.9 Å². The minimum atomic E-state index is -0.455. The topological polar surface area (TPSA) is 34.4 Å². The number of halogens is 1. The highest BCUT2D eigenvalue weighted by Gasteiger charge is 2.15. The van der Waals surface area contributed by atoms with Gasteiger partial charge in [-0.2, -0.15) is 5.10 Å². The molecule has 0 bridgehead atoms. The van der Waals surface area contributed by atoms with Crippen LogP contribution in [0.1, 0.15) is 21.7 Å². The van der Waals surface area contributed by atoms with Crippen molar-refractivity contribution in [3.05, 3.63) is 35.2 Å². The summed E-state index contributed by atoms with van der Waals surface area (Å²) in [5.74, 6) is 0. The van der Waals surface area contributed by atoms with E-state index in [1.165, 1.54) is 0 Å². The molecule has 0 aromatic carbocycles. The van der Waals surface area contributed by atoms with E-state index in [9.17, 15) is 4.79 Å². The van der Waals surface area contributed by atoms with E-state index in [1.807, 2.05) is 25.1 Å². The molecule has 2 aromatic rings. The van der Waals surface area contributed by atoms with Gasteiger partial charge in [-0.05, 0) is 37.6 Å². The number of pyridine rings is 1. The third kappa shape index (κ3) is 1.21. The summed E-state index contributed by atoms with van der Waals surface area (Å²) >= 11 is 5.49. The number of carbonyl (C=O) groups is 1. The minimum Gasteiger partial charge on any atom is -0.275 e. The number of carbonyl (C=O) groups excluding carboxylic acids is 1. The number of hydrogen-bond donors (Lipinski definition) is 0. The Kier molecular flexibility index (Phi) is 2.04. The molecule has 3 nitrogen and oxygen atoms in total. The van der Waals surface area contributed by atoms with Gasteiger partial charge in [-0.15, -0.1) is 0 Å². The highest BCUT2D eigenvalue weighted by Crippen LogP contribution is 2.18. The monoisotopic (exact) mass is 208 g/mol. The maximum atomic E-state index is 11.2. The van der Waals surface area contributed by atoms with E-state index < -0.39 is 5.24 Å². The van der Waals surface area contributed by atoms with E-state index in [0.717, 1.165) is 11.2 Å². The molecule has 2 rings (SSSR count). The van der Waals surface area contributed by atoms with Gasteiger partial charge < -0.3 is 0 Å². The third-order valence-corrected chi connectivity index (χ3v) is 2.41. The Morgan fingerprint density at radius 3 is 2.79 bits per heavy atom. The first-order chi connectivity index (χ1) is 6.61. The summed E-state index contributed by atoms with van der Waals surface area (Å²) in [4.78, 5) is 11.2. The fourth-order valence-corrected chi connectivity index (χ4v) is 1.79. The number of hydrogen-bond acceptors (Lipinski definition) is 2. The summed E-state index contributed by atoms with van der Waals surface area (Å²) in [5, 5.41) is 3.79. The molecule has 0 saturated heterocycles. The van der Waals surface area contributed by atoms with Crippen LogP contribution in [0.25, 0.3) is 5.52 Å². The second kappa shape index (κ2) is 3.10. The summed E-state index contributed by atoms with van der Waals surface area (Å²) in [6, 6.07) is 5.65. The van der Waals surface area contributed by atoms with Crippen molar-refractivity contribution in [3.63, 3.8) is 0 Å². The summed E-state index contributed by atoms with van der Waals surface area (Å²) < 4.78 is 1.73. The lowest BCUT2D eigenvalue weighted by atomic mass is 10.2. The number of fused-ring (bicyclic) bond motifs is 1. The van der Waals surface area contributed by atoms with Crippen LogP contribution >= 0.6 is 11.6 Å². The molecule has 0 saturated carbocycles. The molecular formula is C10H9ClN2O. The average molecular weight is 209 g/mol. The van der Waals surface area contributed by atoms with Crippen molar-refractivity contribution in [1.29, 1.82) is 0 Å². The number of aromatic nitrogens is 2. The molecule has 0 aliphatic carbocycles. The molecule has 72 valence electrons. The second-order valence-corrected chi connectivity index (χ2v) is 3.54. The van der Waals surface area contributed by atoms with Crippen molar-refractivity contribution in [3.8, 4) is 0 Å². The Morgan fingerprint density at radius 1 is 1.43 bits per heavy atom. The van der Waals surface area contributed by atoms with Gasteiger partial charge in [0.25, 0.3) is 5.24 Å². The van der Waals surface area contributed by atoms with Crippen molar-refractivity contribution in [1.82, 2.24) is 9.61 Å². The van der Waals surface area contributed by atoms with Gasteiger partial charge in [0.15, 0.2) is 0 Å². The summed E-state index contributed by atoms with van der Waals surface area (Å²) in [6.45, 7) is 3.71. The maximum Gasteiger partial charge on any atom is 0.256 e. The van der Waals surface area contributed by atoms with Crippen molar-refractivity contribution >= 4 is 22.4 Å². The lowest BCUT2D eigenvalue weighted by Gasteiger charge is -1.97. The molecule has 0 radical (unpaired) electrons. The molecular weight excluding hydrogens is 200 g/mol. The molecule has 2 heterocycles. The van der Waals surface area contributed by atoms with Crippen LogP contribution in [0.5, 0.6) is 0 Å². The number of nitrogens with zero attached hydrogens (tertiary/aromatic N) is 2.